The fraction of sp³-hybridized carbons (Fsp3) is 0.440. The van der Waals surface area contributed by atoms with E-state index in [-0.39, 0.29) is 11.8 Å². The summed E-state index contributed by atoms with van der Waals surface area (Å²) >= 11 is 0. The Hall–Kier alpha value is -3.02. The Morgan fingerprint density at radius 3 is 2.35 bits per heavy atom. The van der Waals surface area contributed by atoms with E-state index >= 15 is 0 Å². The minimum absolute atomic E-state index is 0.0147. The molecule has 3 rings (SSSR count). The molecule has 1 aliphatic rings. The van der Waals surface area contributed by atoms with Gasteiger partial charge in [-0.25, -0.2) is 0 Å². The Kier molecular flexibility index (Phi) is 7.55. The van der Waals surface area contributed by atoms with Crippen LogP contribution in [0.3, 0.4) is 0 Å². The molecule has 0 aromatic heterocycles. The second kappa shape index (κ2) is 10.3. The van der Waals surface area contributed by atoms with Crippen molar-refractivity contribution in [3.8, 4) is 11.5 Å². The molecule has 0 atom stereocenters. The third-order valence-electron chi connectivity index (χ3n) is 6.13. The first-order valence-corrected chi connectivity index (χ1v) is 10.9. The van der Waals surface area contributed by atoms with Gasteiger partial charge in [-0.2, -0.15) is 0 Å². The van der Waals surface area contributed by atoms with E-state index in [2.05, 4.69) is 5.32 Å². The van der Waals surface area contributed by atoms with Crippen LogP contribution >= 0.6 is 0 Å². The number of carbonyl (C=O) groups excluding carboxylic acids is 2. The Labute approximate surface area is 184 Å². The zero-order valence-electron chi connectivity index (χ0n) is 18.6. The molecule has 0 aliphatic carbocycles. The predicted octanol–water partition coefficient (Wildman–Crippen LogP) is 3.68. The summed E-state index contributed by atoms with van der Waals surface area (Å²) in [6.07, 6.45) is 2.61. The summed E-state index contributed by atoms with van der Waals surface area (Å²) in [5.74, 6) is 1.54. The van der Waals surface area contributed by atoms with Crippen LogP contribution in [0.2, 0.25) is 0 Å². The molecule has 1 aliphatic heterocycles. The maximum absolute atomic E-state index is 13.5. The molecule has 1 N–H and O–H groups in total. The van der Waals surface area contributed by atoms with Gasteiger partial charge in [0.15, 0.2) is 0 Å². The summed E-state index contributed by atoms with van der Waals surface area (Å²) in [5, 5.41) is 3.13. The molecule has 1 heterocycles. The summed E-state index contributed by atoms with van der Waals surface area (Å²) < 4.78 is 10.7. The number of carbonyl (C=O) groups is 2. The van der Waals surface area contributed by atoms with E-state index in [0.717, 1.165) is 17.5 Å². The van der Waals surface area contributed by atoms with E-state index in [9.17, 15) is 9.59 Å². The highest BCUT2D eigenvalue weighted by molar-refractivity contribution is 5.89. The minimum atomic E-state index is -0.649. The molecule has 0 spiro atoms. The van der Waals surface area contributed by atoms with Gasteiger partial charge in [0.2, 0.25) is 11.8 Å². The molecule has 2 aromatic carbocycles. The molecule has 6 heteroatoms. The lowest BCUT2D eigenvalue weighted by molar-refractivity contribution is -0.137. The summed E-state index contributed by atoms with van der Waals surface area (Å²) in [7, 11) is 3.21. The van der Waals surface area contributed by atoms with Crippen LogP contribution < -0.4 is 14.8 Å². The van der Waals surface area contributed by atoms with Crippen molar-refractivity contribution in [2.45, 2.75) is 44.6 Å². The van der Waals surface area contributed by atoms with Crippen LogP contribution in [0.5, 0.6) is 11.5 Å². The zero-order valence-corrected chi connectivity index (χ0v) is 18.6. The number of likely N-dealkylation sites (tertiary alicyclic amines) is 1. The molecule has 166 valence electrons. The molecule has 0 bridgehead atoms. The number of nitrogens with zero attached hydrogens (tertiary/aromatic N) is 1. The molecule has 2 amide bonds. The van der Waals surface area contributed by atoms with Gasteiger partial charge >= 0.3 is 0 Å². The fourth-order valence-electron chi connectivity index (χ4n) is 4.26. The van der Waals surface area contributed by atoms with E-state index < -0.39 is 5.41 Å². The first-order valence-electron chi connectivity index (χ1n) is 10.9. The maximum atomic E-state index is 13.5. The Morgan fingerprint density at radius 1 is 1.03 bits per heavy atom. The number of nitrogens with one attached hydrogen (secondary N) is 1. The summed E-state index contributed by atoms with van der Waals surface area (Å²) in [4.78, 5) is 27.8. The molecule has 0 radical (unpaired) electrons. The molecule has 0 unspecified atom stereocenters. The molecule has 0 saturated carbocycles. The second-order valence-electron chi connectivity index (χ2n) is 7.94. The maximum Gasteiger partial charge on any atom is 0.231 e. The average Bonchev–Trinajstić information content (AvgIpc) is 2.83. The van der Waals surface area contributed by atoms with Crippen LogP contribution in [0.25, 0.3) is 0 Å². The van der Waals surface area contributed by atoms with Crippen molar-refractivity contribution < 1.29 is 19.1 Å². The van der Waals surface area contributed by atoms with Gasteiger partial charge in [-0.15, -0.1) is 0 Å². The van der Waals surface area contributed by atoms with Gasteiger partial charge in [-0.05, 0) is 37.0 Å². The molecule has 1 saturated heterocycles. The molecular weight excluding hydrogens is 392 g/mol. The van der Waals surface area contributed by atoms with Crippen molar-refractivity contribution in [3.63, 3.8) is 0 Å². The summed E-state index contributed by atoms with van der Waals surface area (Å²) in [5.41, 5.74) is 1.23. The predicted molar refractivity (Wildman–Crippen MR) is 120 cm³/mol. The molecule has 6 nitrogen and oxygen atoms in total. The monoisotopic (exact) mass is 424 g/mol. The third-order valence-corrected chi connectivity index (χ3v) is 6.13. The standard InChI is InChI=1S/C25H32N2O4/c1-4-8-23(28)27-15-13-25(14-16-27,20-9-6-5-7-10-20)24(29)26-18-19-11-12-21(30-2)17-22(19)31-3/h5-7,9-12,17H,4,8,13-16,18H2,1-3H3,(H,26,29). The number of rotatable bonds is 8. The van der Waals surface area contributed by atoms with Crippen molar-refractivity contribution >= 4 is 11.8 Å². The van der Waals surface area contributed by atoms with Crippen LogP contribution in [0.15, 0.2) is 48.5 Å². The normalized spacial score (nSPS) is 15.3. The van der Waals surface area contributed by atoms with Gasteiger partial charge in [-0.3, -0.25) is 9.59 Å². The molecule has 31 heavy (non-hydrogen) atoms. The first kappa shape index (κ1) is 22.7. The lowest BCUT2D eigenvalue weighted by Gasteiger charge is -2.41. The fourth-order valence-corrected chi connectivity index (χ4v) is 4.26. The van der Waals surface area contributed by atoms with Gasteiger partial charge in [0.25, 0.3) is 0 Å². The van der Waals surface area contributed by atoms with E-state index in [0.29, 0.717) is 50.4 Å². The Morgan fingerprint density at radius 2 is 1.74 bits per heavy atom. The lowest BCUT2D eigenvalue weighted by Crippen LogP contribution is -2.52. The van der Waals surface area contributed by atoms with Crippen LogP contribution in [0, 0.1) is 0 Å². The topological polar surface area (TPSA) is 67.9 Å². The van der Waals surface area contributed by atoms with Crippen molar-refractivity contribution in [1.29, 1.82) is 0 Å². The minimum Gasteiger partial charge on any atom is -0.497 e. The second-order valence-corrected chi connectivity index (χ2v) is 7.94. The van der Waals surface area contributed by atoms with Crippen molar-refractivity contribution in [1.82, 2.24) is 10.2 Å². The third kappa shape index (κ3) is 5.01. The van der Waals surface area contributed by atoms with Gasteiger partial charge < -0.3 is 19.7 Å². The number of benzene rings is 2. The Bertz CT molecular complexity index is 890. The van der Waals surface area contributed by atoms with Crippen molar-refractivity contribution in [3.05, 3.63) is 59.7 Å². The SMILES string of the molecule is CCCC(=O)N1CCC(C(=O)NCc2ccc(OC)cc2OC)(c2ccccc2)CC1. The number of hydrogen-bond acceptors (Lipinski definition) is 4. The number of amides is 2. The number of methoxy groups -OCH3 is 2. The van der Waals surface area contributed by atoms with Gasteiger partial charge in [0.1, 0.15) is 11.5 Å². The number of piperidine rings is 1. The number of ether oxygens (including phenoxy) is 2. The number of hydrogen-bond donors (Lipinski definition) is 1. The quantitative estimate of drug-likeness (QED) is 0.702. The molecule has 1 fully saturated rings. The highest BCUT2D eigenvalue weighted by Gasteiger charge is 2.43. The lowest BCUT2D eigenvalue weighted by atomic mass is 9.72. The highest BCUT2D eigenvalue weighted by Crippen LogP contribution is 2.36. The smallest absolute Gasteiger partial charge is 0.231 e. The highest BCUT2D eigenvalue weighted by atomic mass is 16.5. The van der Waals surface area contributed by atoms with E-state index in [1.807, 2.05) is 60.4 Å². The van der Waals surface area contributed by atoms with E-state index in [4.69, 9.17) is 9.47 Å². The Balaban J connectivity index is 1.78. The van der Waals surface area contributed by atoms with Crippen LogP contribution in [-0.2, 0) is 21.5 Å². The van der Waals surface area contributed by atoms with Gasteiger partial charge in [0.05, 0.1) is 19.6 Å². The van der Waals surface area contributed by atoms with Crippen LogP contribution in [0.4, 0.5) is 0 Å². The van der Waals surface area contributed by atoms with E-state index in [1.165, 1.54) is 0 Å². The van der Waals surface area contributed by atoms with E-state index in [1.54, 1.807) is 14.2 Å². The van der Waals surface area contributed by atoms with Gasteiger partial charge in [-0.1, -0.05) is 37.3 Å². The van der Waals surface area contributed by atoms with Crippen LogP contribution in [0.1, 0.15) is 43.7 Å². The zero-order chi connectivity index (χ0) is 22.3. The largest absolute Gasteiger partial charge is 0.497 e. The summed E-state index contributed by atoms with van der Waals surface area (Å²) in [6, 6.07) is 15.5. The summed E-state index contributed by atoms with van der Waals surface area (Å²) in [6.45, 7) is 3.55. The first-order chi connectivity index (χ1) is 15.0. The molecular formula is C25H32N2O4. The van der Waals surface area contributed by atoms with Gasteiger partial charge in [0, 0.05) is 37.7 Å². The van der Waals surface area contributed by atoms with Crippen molar-refractivity contribution in [2.24, 2.45) is 0 Å². The molecule has 2 aromatic rings. The average molecular weight is 425 g/mol. The van der Waals surface area contributed by atoms with Crippen LogP contribution in [-0.4, -0.2) is 44.0 Å². The van der Waals surface area contributed by atoms with Crippen molar-refractivity contribution in [2.75, 3.05) is 27.3 Å².